The van der Waals surface area contributed by atoms with Gasteiger partial charge in [0.05, 0.1) is 7.11 Å². The molecule has 0 aromatic rings. The van der Waals surface area contributed by atoms with Crippen molar-refractivity contribution < 1.29 is 25.8 Å². The highest BCUT2D eigenvalue weighted by atomic mass is 32.3. The van der Waals surface area contributed by atoms with Crippen LogP contribution in [-0.4, -0.2) is 39.9 Å². The SMILES string of the molecule is C=CC(=O)OCS(C)(C)OS(=O)(=O)OC. The molecule has 90 valence electrons. The van der Waals surface area contributed by atoms with Crippen LogP contribution in [-0.2, 0) is 27.7 Å². The molecule has 0 N–H and O–H groups in total. The van der Waals surface area contributed by atoms with Crippen molar-refractivity contribution in [2.45, 2.75) is 0 Å². The zero-order valence-corrected chi connectivity index (χ0v) is 10.4. The van der Waals surface area contributed by atoms with Gasteiger partial charge in [0.25, 0.3) is 0 Å². The van der Waals surface area contributed by atoms with Crippen LogP contribution in [0.1, 0.15) is 0 Å². The lowest BCUT2D eigenvalue weighted by molar-refractivity contribution is -0.135. The lowest BCUT2D eigenvalue weighted by Crippen LogP contribution is -2.16. The van der Waals surface area contributed by atoms with Crippen LogP contribution in [0.25, 0.3) is 0 Å². The highest BCUT2D eigenvalue weighted by Crippen LogP contribution is 2.42. The van der Waals surface area contributed by atoms with E-state index in [4.69, 9.17) is 3.63 Å². The second kappa shape index (κ2) is 5.50. The highest BCUT2D eigenvalue weighted by Gasteiger charge is 2.23. The van der Waals surface area contributed by atoms with Crippen molar-refractivity contribution in [3.05, 3.63) is 12.7 Å². The Hall–Kier alpha value is -0.570. The van der Waals surface area contributed by atoms with E-state index in [0.717, 1.165) is 13.2 Å². The minimum atomic E-state index is -4.01. The number of hydrogen-bond donors (Lipinski definition) is 0. The predicted octanol–water partition coefficient (Wildman–Crippen LogP) is 0.560. The molecule has 0 radical (unpaired) electrons. The van der Waals surface area contributed by atoms with E-state index in [0.29, 0.717) is 0 Å². The fourth-order valence-corrected chi connectivity index (χ4v) is 3.12. The first-order valence-corrected chi connectivity index (χ1v) is 7.62. The Morgan fingerprint density at radius 2 is 1.93 bits per heavy atom. The van der Waals surface area contributed by atoms with Crippen molar-refractivity contribution in [1.82, 2.24) is 0 Å². The summed E-state index contributed by atoms with van der Waals surface area (Å²) in [5, 5.41) is 0. The normalized spacial score (nSPS) is 13.3. The van der Waals surface area contributed by atoms with Crippen LogP contribution in [0.5, 0.6) is 0 Å². The van der Waals surface area contributed by atoms with Crippen LogP contribution >= 0.6 is 10.3 Å². The lowest BCUT2D eigenvalue weighted by atomic mass is 10.7. The molecule has 0 bridgehead atoms. The summed E-state index contributed by atoms with van der Waals surface area (Å²) in [6, 6.07) is 0. The quantitative estimate of drug-likeness (QED) is 0.511. The Bertz CT molecular complexity index is 331. The molecule has 0 aliphatic carbocycles. The third-order valence-corrected chi connectivity index (χ3v) is 4.36. The van der Waals surface area contributed by atoms with Crippen molar-refractivity contribution in [2.24, 2.45) is 0 Å². The number of carbonyl (C=O) groups is 1. The summed E-state index contributed by atoms with van der Waals surface area (Å²) in [4.78, 5) is 10.7. The summed E-state index contributed by atoms with van der Waals surface area (Å²) >= 11 is 0. The van der Waals surface area contributed by atoms with E-state index in [1.807, 2.05) is 0 Å². The highest BCUT2D eigenvalue weighted by molar-refractivity contribution is 8.31. The van der Waals surface area contributed by atoms with E-state index in [2.05, 4.69) is 15.5 Å². The molecule has 8 heteroatoms. The van der Waals surface area contributed by atoms with Crippen molar-refractivity contribution in [2.75, 3.05) is 25.6 Å². The molecule has 0 spiro atoms. The van der Waals surface area contributed by atoms with E-state index in [9.17, 15) is 13.2 Å². The van der Waals surface area contributed by atoms with Gasteiger partial charge in [-0.05, 0) is 12.5 Å². The molecule has 0 amide bonds. The van der Waals surface area contributed by atoms with Gasteiger partial charge in [-0.2, -0.15) is 12.0 Å². The van der Waals surface area contributed by atoms with Crippen LogP contribution in [0.2, 0.25) is 0 Å². The third kappa shape index (κ3) is 6.50. The molecule has 0 saturated carbocycles. The van der Waals surface area contributed by atoms with Gasteiger partial charge in [0.2, 0.25) is 0 Å². The van der Waals surface area contributed by atoms with E-state index < -0.39 is 26.7 Å². The maximum Gasteiger partial charge on any atom is 0.409 e. The monoisotopic (exact) mass is 258 g/mol. The maximum absolute atomic E-state index is 10.9. The lowest BCUT2D eigenvalue weighted by Gasteiger charge is -2.27. The largest absolute Gasteiger partial charge is 0.451 e. The molecule has 0 heterocycles. The molecule has 0 saturated heterocycles. The minimum absolute atomic E-state index is 0.138. The second-order valence-corrected chi connectivity index (χ2v) is 7.67. The van der Waals surface area contributed by atoms with E-state index in [1.165, 1.54) is 12.5 Å². The fourth-order valence-electron chi connectivity index (χ4n) is 0.532. The van der Waals surface area contributed by atoms with E-state index in [-0.39, 0.29) is 5.94 Å². The number of ether oxygens (including phenoxy) is 1. The average molecular weight is 258 g/mol. The zero-order chi connectivity index (χ0) is 12.1. The maximum atomic E-state index is 10.9. The minimum Gasteiger partial charge on any atom is -0.451 e. The van der Waals surface area contributed by atoms with Gasteiger partial charge in [-0.25, -0.2) is 4.79 Å². The molecule has 0 aliphatic heterocycles. The molecular formula is C7H14O6S2. The fraction of sp³-hybridized carbons (Fsp3) is 0.571. The first-order valence-electron chi connectivity index (χ1n) is 3.74. The van der Waals surface area contributed by atoms with Crippen LogP contribution in [0.3, 0.4) is 0 Å². The van der Waals surface area contributed by atoms with Gasteiger partial charge in [-0.3, -0.25) is 4.18 Å². The molecule has 15 heavy (non-hydrogen) atoms. The number of esters is 1. The first kappa shape index (κ1) is 14.4. The molecule has 0 fully saturated rings. The van der Waals surface area contributed by atoms with Crippen LogP contribution in [0.15, 0.2) is 12.7 Å². The Kier molecular flexibility index (Phi) is 5.29. The molecule has 0 atom stereocenters. The molecule has 0 aliphatic rings. The summed E-state index contributed by atoms with van der Waals surface area (Å²) in [6.07, 6.45) is 4.04. The number of rotatable bonds is 6. The van der Waals surface area contributed by atoms with Crippen LogP contribution in [0, 0.1) is 0 Å². The van der Waals surface area contributed by atoms with Crippen molar-refractivity contribution in [1.29, 1.82) is 0 Å². The van der Waals surface area contributed by atoms with Gasteiger partial charge in [0.1, 0.15) is 5.94 Å². The predicted molar refractivity (Wildman–Crippen MR) is 57.6 cm³/mol. The smallest absolute Gasteiger partial charge is 0.409 e. The summed E-state index contributed by atoms with van der Waals surface area (Å²) in [7, 11) is -5.09. The van der Waals surface area contributed by atoms with Crippen molar-refractivity contribution in [3.63, 3.8) is 0 Å². The van der Waals surface area contributed by atoms with E-state index >= 15 is 0 Å². The molecule has 0 unspecified atom stereocenters. The Morgan fingerprint density at radius 3 is 2.33 bits per heavy atom. The Morgan fingerprint density at radius 1 is 1.40 bits per heavy atom. The summed E-state index contributed by atoms with van der Waals surface area (Å²) in [6.45, 7) is 3.20. The molecule has 0 rings (SSSR count). The third-order valence-electron chi connectivity index (χ3n) is 1.12. The van der Waals surface area contributed by atoms with E-state index in [1.54, 1.807) is 0 Å². The molecule has 0 aromatic heterocycles. The molecule has 0 aromatic carbocycles. The van der Waals surface area contributed by atoms with Gasteiger partial charge < -0.3 is 4.74 Å². The molecular weight excluding hydrogens is 244 g/mol. The van der Waals surface area contributed by atoms with Crippen molar-refractivity contribution in [3.8, 4) is 0 Å². The van der Waals surface area contributed by atoms with Crippen LogP contribution < -0.4 is 0 Å². The second-order valence-electron chi connectivity index (χ2n) is 2.87. The van der Waals surface area contributed by atoms with Gasteiger partial charge >= 0.3 is 16.4 Å². The standard InChI is InChI=1S/C7H14O6S2/c1-5-7(8)12-6-14(3,4)13-15(9,10)11-2/h5H,1,6H2,2-4H3. The summed E-state index contributed by atoms with van der Waals surface area (Å²) in [5.74, 6) is -0.769. The first-order chi connectivity index (χ1) is 6.72. The summed E-state index contributed by atoms with van der Waals surface area (Å²) < 4.78 is 35.4. The number of hydrogen-bond acceptors (Lipinski definition) is 6. The molecule has 6 nitrogen and oxygen atoms in total. The topological polar surface area (TPSA) is 78.9 Å². The average Bonchev–Trinajstić information content (AvgIpc) is 2.13. The van der Waals surface area contributed by atoms with Gasteiger partial charge in [-0.15, -0.1) is 0 Å². The zero-order valence-electron chi connectivity index (χ0n) is 8.76. The van der Waals surface area contributed by atoms with Crippen molar-refractivity contribution >= 4 is 26.7 Å². The summed E-state index contributed by atoms with van der Waals surface area (Å²) in [5.41, 5.74) is 0. The Balaban J connectivity index is 4.31. The van der Waals surface area contributed by atoms with Crippen LogP contribution in [0.4, 0.5) is 0 Å². The van der Waals surface area contributed by atoms with Gasteiger partial charge in [0, 0.05) is 6.08 Å². The Labute approximate surface area is 91.1 Å². The van der Waals surface area contributed by atoms with Gasteiger partial charge in [0.15, 0.2) is 0 Å². The number of carbonyl (C=O) groups excluding carboxylic acids is 1. The van der Waals surface area contributed by atoms with Gasteiger partial charge in [-0.1, -0.05) is 16.9 Å².